The van der Waals surface area contributed by atoms with Crippen LogP contribution in [0.5, 0.6) is 0 Å². The van der Waals surface area contributed by atoms with Crippen LogP contribution < -0.4 is 5.32 Å². The molecule has 0 aliphatic heterocycles. The molecule has 2 aromatic heterocycles. The zero-order valence-electron chi connectivity index (χ0n) is 19.4. The molecule has 5 heteroatoms. The van der Waals surface area contributed by atoms with Gasteiger partial charge in [0.05, 0.1) is 22.5 Å². The topological polar surface area (TPSA) is 54.9 Å². The number of aryl methyl sites for hydroxylation is 3. The van der Waals surface area contributed by atoms with Gasteiger partial charge in [0, 0.05) is 21.9 Å². The minimum Gasteiger partial charge on any atom is -0.298 e. The number of carbonyl (C=O) groups is 1. The molecule has 0 aliphatic rings. The third-order valence-electron chi connectivity index (χ3n) is 6.00. The number of nitrogens with zero attached hydrogens (tertiary/aromatic N) is 2. The van der Waals surface area contributed by atoms with Crippen LogP contribution in [0.2, 0.25) is 0 Å². The number of fused-ring (bicyclic) bond motifs is 1. The zero-order chi connectivity index (χ0) is 23.7. The van der Waals surface area contributed by atoms with Crippen molar-refractivity contribution in [3.8, 4) is 22.5 Å². The van der Waals surface area contributed by atoms with Crippen molar-refractivity contribution in [2.75, 3.05) is 5.32 Å². The Morgan fingerprint density at radius 3 is 2.47 bits per heavy atom. The summed E-state index contributed by atoms with van der Waals surface area (Å²) in [5.41, 5.74) is 8.75. The highest BCUT2D eigenvalue weighted by Gasteiger charge is 2.16. The van der Waals surface area contributed by atoms with E-state index in [-0.39, 0.29) is 5.91 Å². The quantitative estimate of drug-likeness (QED) is 0.294. The number of hydrogen-bond acceptors (Lipinski definition) is 4. The van der Waals surface area contributed by atoms with Crippen molar-refractivity contribution >= 4 is 33.3 Å². The molecule has 0 saturated carbocycles. The van der Waals surface area contributed by atoms with E-state index in [9.17, 15) is 4.79 Å². The molecule has 4 nitrogen and oxygen atoms in total. The maximum Gasteiger partial charge on any atom is 0.258 e. The Bertz CT molecular complexity index is 1500. The predicted molar refractivity (Wildman–Crippen MR) is 142 cm³/mol. The molecule has 34 heavy (non-hydrogen) atoms. The van der Waals surface area contributed by atoms with Gasteiger partial charge in [-0.2, -0.15) is 0 Å². The normalized spacial score (nSPS) is 11.0. The SMILES string of the molecule is CCc1ccc(-c2cc(C(=O)Nc3nc(-c4ccc(C)cc4C)cs3)c3ccccc3n2)cc1. The molecule has 168 valence electrons. The average molecular weight is 464 g/mol. The molecular weight excluding hydrogens is 438 g/mol. The van der Waals surface area contributed by atoms with E-state index in [2.05, 4.69) is 73.5 Å². The van der Waals surface area contributed by atoms with Crippen LogP contribution in [0.3, 0.4) is 0 Å². The highest BCUT2D eigenvalue weighted by Crippen LogP contribution is 2.30. The van der Waals surface area contributed by atoms with Crippen molar-refractivity contribution < 1.29 is 4.79 Å². The van der Waals surface area contributed by atoms with E-state index in [1.807, 2.05) is 35.7 Å². The van der Waals surface area contributed by atoms with E-state index >= 15 is 0 Å². The van der Waals surface area contributed by atoms with Crippen LogP contribution in [0, 0.1) is 13.8 Å². The van der Waals surface area contributed by atoms with Crippen molar-refractivity contribution in [3.63, 3.8) is 0 Å². The van der Waals surface area contributed by atoms with E-state index in [0.717, 1.165) is 39.8 Å². The third kappa shape index (κ3) is 4.35. The summed E-state index contributed by atoms with van der Waals surface area (Å²) in [6.07, 6.45) is 0.983. The van der Waals surface area contributed by atoms with Gasteiger partial charge in [-0.3, -0.25) is 10.1 Å². The lowest BCUT2D eigenvalue weighted by atomic mass is 10.0. The lowest BCUT2D eigenvalue weighted by Crippen LogP contribution is -2.13. The summed E-state index contributed by atoms with van der Waals surface area (Å²) in [7, 11) is 0. The highest BCUT2D eigenvalue weighted by atomic mass is 32.1. The van der Waals surface area contributed by atoms with Crippen molar-refractivity contribution in [1.82, 2.24) is 9.97 Å². The molecule has 0 saturated heterocycles. The highest BCUT2D eigenvalue weighted by molar-refractivity contribution is 7.14. The molecule has 3 aromatic carbocycles. The smallest absolute Gasteiger partial charge is 0.258 e. The predicted octanol–water partition coefficient (Wildman–Crippen LogP) is 7.46. The van der Waals surface area contributed by atoms with E-state index in [1.165, 1.54) is 28.0 Å². The van der Waals surface area contributed by atoms with Gasteiger partial charge in [-0.05, 0) is 43.5 Å². The number of thiazole rings is 1. The molecule has 1 amide bonds. The molecule has 0 fully saturated rings. The van der Waals surface area contributed by atoms with Crippen molar-refractivity contribution in [1.29, 1.82) is 0 Å². The van der Waals surface area contributed by atoms with Gasteiger partial charge in [0.2, 0.25) is 0 Å². The van der Waals surface area contributed by atoms with Gasteiger partial charge in [-0.1, -0.05) is 73.2 Å². The van der Waals surface area contributed by atoms with Gasteiger partial charge in [-0.25, -0.2) is 9.97 Å². The Morgan fingerprint density at radius 1 is 0.912 bits per heavy atom. The second-order valence-corrected chi connectivity index (χ2v) is 9.29. The van der Waals surface area contributed by atoms with Crippen LogP contribution in [0.4, 0.5) is 5.13 Å². The number of amides is 1. The number of pyridine rings is 1. The molecular formula is C29H25N3OS. The van der Waals surface area contributed by atoms with Crippen molar-refractivity contribution in [2.24, 2.45) is 0 Å². The summed E-state index contributed by atoms with van der Waals surface area (Å²) >= 11 is 1.43. The third-order valence-corrected chi connectivity index (χ3v) is 6.76. The second-order valence-electron chi connectivity index (χ2n) is 8.43. The van der Waals surface area contributed by atoms with Crippen LogP contribution in [0.25, 0.3) is 33.4 Å². The van der Waals surface area contributed by atoms with Crippen LogP contribution in [-0.2, 0) is 6.42 Å². The van der Waals surface area contributed by atoms with Gasteiger partial charge in [-0.15, -0.1) is 11.3 Å². The lowest BCUT2D eigenvalue weighted by molar-refractivity contribution is 0.102. The summed E-state index contributed by atoms with van der Waals surface area (Å²) in [6.45, 7) is 6.29. The minimum atomic E-state index is -0.188. The Labute approximate surface area is 203 Å². The number of hydrogen-bond donors (Lipinski definition) is 1. The molecule has 0 radical (unpaired) electrons. The largest absolute Gasteiger partial charge is 0.298 e. The van der Waals surface area contributed by atoms with Crippen molar-refractivity contribution in [3.05, 3.63) is 100 Å². The lowest BCUT2D eigenvalue weighted by Gasteiger charge is -2.10. The van der Waals surface area contributed by atoms with Gasteiger partial charge in [0.15, 0.2) is 5.13 Å². The molecule has 1 N–H and O–H groups in total. The van der Waals surface area contributed by atoms with Gasteiger partial charge in [0.25, 0.3) is 5.91 Å². The molecule has 0 spiro atoms. The second kappa shape index (κ2) is 9.20. The standard InChI is InChI=1S/C29H25N3OS/c1-4-20-10-12-21(13-11-20)26-16-24(23-7-5-6-8-25(23)30-26)28(33)32-29-31-27(17-34-29)22-14-9-18(2)15-19(22)3/h5-17H,4H2,1-3H3,(H,31,32,33). The Balaban J connectivity index is 1.49. The fourth-order valence-electron chi connectivity index (χ4n) is 4.14. The first kappa shape index (κ1) is 22.0. The van der Waals surface area contributed by atoms with E-state index < -0.39 is 0 Å². The number of anilines is 1. The first-order chi connectivity index (χ1) is 16.5. The first-order valence-corrected chi connectivity index (χ1v) is 12.2. The van der Waals surface area contributed by atoms with Gasteiger partial charge < -0.3 is 0 Å². The minimum absolute atomic E-state index is 0.188. The number of aromatic nitrogens is 2. The van der Waals surface area contributed by atoms with Gasteiger partial charge >= 0.3 is 0 Å². The summed E-state index contributed by atoms with van der Waals surface area (Å²) in [5.74, 6) is -0.188. The van der Waals surface area contributed by atoms with Crippen molar-refractivity contribution in [2.45, 2.75) is 27.2 Å². The summed E-state index contributed by atoms with van der Waals surface area (Å²) in [6, 6.07) is 24.3. The number of benzene rings is 3. The van der Waals surface area contributed by atoms with Crippen LogP contribution in [-0.4, -0.2) is 15.9 Å². The molecule has 0 unspecified atom stereocenters. The molecule has 5 rings (SSSR count). The summed E-state index contributed by atoms with van der Waals surface area (Å²) < 4.78 is 0. The van der Waals surface area contributed by atoms with E-state index in [0.29, 0.717) is 10.7 Å². The molecule has 0 atom stereocenters. The Morgan fingerprint density at radius 2 is 1.71 bits per heavy atom. The number of carbonyl (C=O) groups excluding carboxylic acids is 1. The van der Waals surface area contributed by atoms with E-state index in [4.69, 9.17) is 4.98 Å². The van der Waals surface area contributed by atoms with Gasteiger partial charge in [0.1, 0.15) is 0 Å². The number of rotatable bonds is 5. The summed E-state index contributed by atoms with van der Waals surface area (Å²) in [5, 5.41) is 6.39. The maximum absolute atomic E-state index is 13.4. The maximum atomic E-state index is 13.4. The average Bonchev–Trinajstić information content (AvgIpc) is 3.31. The molecule has 5 aromatic rings. The Hall–Kier alpha value is -3.83. The fraction of sp³-hybridized carbons (Fsp3) is 0.138. The Kier molecular flexibility index (Phi) is 5.95. The van der Waals surface area contributed by atoms with Crippen LogP contribution >= 0.6 is 11.3 Å². The number of nitrogens with one attached hydrogen (secondary N) is 1. The number of para-hydroxylation sites is 1. The first-order valence-electron chi connectivity index (χ1n) is 11.4. The monoisotopic (exact) mass is 463 g/mol. The fourth-order valence-corrected chi connectivity index (χ4v) is 4.85. The molecule has 0 bridgehead atoms. The molecule has 0 aliphatic carbocycles. The zero-order valence-corrected chi connectivity index (χ0v) is 20.2. The molecule has 2 heterocycles. The van der Waals surface area contributed by atoms with Crippen LogP contribution in [0.1, 0.15) is 34.0 Å². The summed E-state index contributed by atoms with van der Waals surface area (Å²) in [4.78, 5) is 22.9. The van der Waals surface area contributed by atoms with E-state index in [1.54, 1.807) is 0 Å². The van der Waals surface area contributed by atoms with Crippen LogP contribution in [0.15, 0.2) is 78.2 Å².